The number of piperidine rings is 1. The summed E-state index contributed by atoms with van der Waals surface area (Å²) in [6.45, 7) is 8.47. The minimum atomic E-state index is -1.06. The summed E-state index contributed by atoms with van der Waals surface area (Å²) in [6, 6.07) is 12.1. The third-order valence-electron chi connectivity index (χ3n) is 9.15. The zero-order chi connectivity index (χ0) is 21.2. The Balaban J connectivity index is 1.48. The second kappa shape index (κ2) is 5.38. The van der Waals surface area contributed by atoms with Gasteiger partial charge in [0.2, 0.25) is 5.69 Å². The van der Waals surface area contributed by atoms with Gasteiger partial charge < -0.3 is 14.7 Å². The maximum atomic E-state index is 14.2. The molecule has 0 radical (unpaired) electrons. The molecule has 2 spiro atoms. The van der Waals surface area contributed by atoms with E-state index in [0.29, 0.717) is 37.1 Å². The Morgan fingerprint density at radius 1 is 1.16 bits per heavy atom. The van der Waals surface area contributed by atoms with Gasteiger partial charge in [-0.15, -0.1) is 0 Å². The van der Waals surface area contributed by atoms with Crippen molar-refractivity contribution in [1.82, 2.24) is 4.90 Å². The quantitative estimate of drug-likeness (QED) is 0.676. The summed E-state index contributed by atoms with van der Waals surface area (Å²) in [5.41, 5.74) is 2.52. The molecule has 156 valence electrons. The number of benzene rings is 2. The Morgan fingerprint density at radius 2 is 1.90 bits per heavy atom. The van der Waals surface area contributed by atoms with Gasteiger partial charge in [-0.05, 0) is 68.0 Å². The van der Waals surface area contributed by atoms with Crippen LogP contribution in [0.1, 0.15) is 35.1 Å². The molecular formula is C26H24N2O3. The minimum absolute atomic E-state index is 0.0572. The lowest BCUT2D eigenvalue weighted by molar-refractivity contribution is -0.206. The van der Waals surface area contributed by atoms with E-state index in [1.54, 1.807) is 0 Å². The van der Waals surface area contributed by atoms with Crippen molar-refractivity contribution >= 4 is 11.5 Å². The Morgan fingerprint density at radius 3 is 2.61 bits per heavy atom. The molecule has 5 nitrogen and oxygen atoms in total. The number of aliphatic hydroxyl groups is 1. The van der Waals surface area contributed by atoms with Crippen LogP contribution in [0.5, 0.6) is 5.75 Å². The summed E-state index contributed by atoms with van der Waals surface area (Å²) < 4.78 is 6.46. The third-order valence-corrected chi connectivity index (χ3v) is 9.15. The molecule has 2 aromatic rings. The van der Waals surface area contributed by atoms with Crippen LogP contribution in [-0.2, 0) is 29.5 Å². The number of hydrogen-bond acceptors (Lipinski definition) is 4. The minimum Gasteiger partial charge on any atom is -0.492 e. The number of likely N-dealkylation sites (tertiary alicyclic amines) is 1. The average molecular weight is 412 g/mol. The van der Waals surface area contributed by atoms with Crippen molar-refractivity contribution in [1.29, 1.82) is 0 Å². The van der Waals surface area contributed by atoms with Crippen molar-refractivity contribution in [3.63, 3.8) is 0 Å². The predicted octanol–water partition coefficient (Wildman–Crippen LogP) is 2.99. The van der Waals surface area contributed by atoms with Crippen LogP contribution >= 0.6 is 0 Å². The first kappa shape index (κ1) is 17.9. The largest absolute Gasteiger partial charge is 0.492 e. The standard InChI is InChI=1S/C26H24N2O3/c1-27-18-8-7-15-11-19-26(30)14-24(12-16-5-3-4-6-17(16)13-24)22(29)23-25(26,9-10-28(19)2)20(15)21(18)31-23/h3-8,19,23,30H,9-14H2,2H3/t19-,23?,25+,26?/m1/s1. The lowest BCUT2D eigenvalue weighted by Gasteiger charge is -2.64. The number of carbonyl (C=O) groups is 1. The Bertz CT molecular complexity index is 1200. The summed E-state index contributed by atoms with van der Waals surface area (Å²) in [5, 5.41) is 12.6. The topological polar surface area (TPSA) is 54.1 Å². The lowest BCUT2D eigenvalue weighted by Crippen LogP contribution is -2.79. The molecule has 4 atom stereocenters. The Hall–Kier alpha value is -2.68. The molecule has 7 rings (SSSR count). The second-order valence-electron chi connectivity index (χ2n) is 10.3. The molecule has 2 fully saturated rings. The van der Waals surface area contributed by atoms with Gasteiger partial charge in [0.05, 0.1) is 17.6 Å². The highest BCUT2D eigenvalue weighted by Gasteiger charge is 2.77. The summed E-state index contributed by atoms with van der Waals surface area (Å²) >= 11 is 0. The molecule has 2 bridgehead atoms. The maximum Gasteiger partial charge on any atom is 0.228 e. The Kier molecular flexibility index (Phi) is 3.11. The molecular weight excluding hydrogens is 388 g/mol. The van der Waals surface area contributed by atoms with Crippen molar-refractivity contribution in [3.8, 4) is 5.75 Å². The fourth-order valence-electron chi connectivity index (χ4n) is 7.88. The molecule has 1 saturated heterocycles. The van der Waals surface area contributed by atoms with Gasteiger partial charge in [0.25, 0.3) is 0 Å². The smallest absolute Gasteiger partial charge is 0.228 e. The van der Waals surface area contributed by atoms with Crippen LogP contribution in [0, 0.1) is 12.0 Å². The first-order chi connectivity index (χ1) is 14.9. The van der Waals surface area contributed by atoms with Gasteiger partial charge in [0.1, 0.15) is 5.75 Å². The first-order valence-electron chi connectivity index (χ1n) is 11.2. The monoisotopic (exact) mass is 412 g/mol. The molecule has 2 aromatic carbocycles. The van der Waals surface area contributed by atoms with Crippen LogP contribution in [0.4, 0.5) is 5.69 Å². The number of ether oxygens (including phenoxy) is 1. The van der Waals surface area contributed by atoms with Gasteiger partial charge in [-0.1, -0.05) is 36.4 Å². The average Bonchev–Trinajstić information content (AvgIpc) is 3.30. The molecule has 5 heteroatoms. The van der Waals surface area contributed by atoms with Gasteiger partial charge in [-0.25, -0.2) is 4.85 Å². The van der Waals surface area contributed by atoms with Crippen molar-refractivity contribution in [2.75, 3.05) is 13.6 Å². The van der Waals surface area contributed by atoms with Crippen molar-refractivity contribution < 1.29 is 14.6 Å². The number of ketones is 1. The lowest BCUT2D eigenvalue weighted by atomic mass is 9.44. The van der Waals surface area contributed by atoms with Crippen LogP contribution < -0.4 is 4.74 Å². The van der Waals surface area contributed by atoms with E-state index in [1.165, 1.54) is 11.1 Å². The molecule has 2 unspecified atom stereocenters. The summed E-state index contributed by atoms with van der Waals surface area (Å²) in [7, 11) is 2.09. The first-order valence-corrected chi connectivity index (χ1v) is 11.2. The molecule has 1 saturated carbocycles. The van der Waals surface area contributed by atoms with E-state index < -0.39 is 22.5 Å². The molecule has 2 aliphatic heterocycles. The molecule has 1 N–H and O–H groups in total. The number of nitrogens with zero attached hydrogens (tertiary/aromatic N) is 2. The van der Waals surface area contributed by atoms with E-state index in [9.17, 15) is 9.90 Å². The number of rotatable bonds is 0. The van der Waals surface area contributed by atoms with Crippen LogP contribution in [0.15, 0.2) is 36.4 Å². The highest BCUT2D eigenvalue weighted by atomic mass is 16.5. The summed E-state index contributed by atoms with van der Waals surface area (Å²) in [4.78, 5) is 20.2. The highest BCUT2D eigenvalue weighted by Crippen LogP contribution is 2.68. The third kappa shape index (κ3) is 1.81. The second-order valence-corrected chi connectivity index (χ2v) is 10.3. The van der Waals surface area contributed by atoms with Crippen LogP contribution in [0.3, 0.4) is 0 Å². The van der Waals surface area contributed by atoms with E-state index >= 15 is 0 Å². The number of carbonyl (C=O) groups excluding carboxylic acids is 1. The molecule has 31 heavy (non-hydrogen) atoms. The van der Waals surface area contributed by atoms with E-state index in [0.717, 1.165) is 24.1 Å². The van der Waals surface area contributed by atoms with Gasteiger partial charge in [0.15, 0.2) is 11.9 Å². The predicted molar refractivity (Wildman–Crippen MR) is 114 cm³/mol. The number of Topliss-reactive ketones (excluding diaryl/α,β-unsaturated/α-hetero) is 1. The number of likely N-dealkylation sites (N-methyl/N-ethyl adjacent to an activating group) is 1. The van der Waals surface area contributed by atoms with Gasteiger partial charge in [-0.3, -0.25) is 4.79 Å². The molecule has 0 aromatic heterocycles. The molecule has 0 amide bonds. The fraction of sp³-hybridized carbons (Fsp3) is 0.462. The van der Waals surface area contributed by atoms with E-state index in [4.69, 9.17) is 11.3 Å². The molecule has 2 heterocycles. The summed E-state index contributed by atoms with van der Waals surface area (Å²) in [6.07, 6.45) is 2.48. The summed E-state index contributed by atoms with van der Waals surface area (Å²) in [5.74, 6) is 0.677. The van der Waals surface area contributed by atoms with E-state index in [-0.39, 0.29) is 11.8 Å². The normalized spacial score (nSPS) is 36.0. The highest BCUT2D eigenvalue weighted by molar-refractivity contribution is 5.96. The molecule has 3 aliphatic carbocycles. The fourth-order valence-corrected chi connectivity index (χ4v) is 7.88. The van der Waals surface area contributed by atoms with Gasteiger partial charge in [-0.2, -0.15) is 0 Å². The zero-order valence-corrected chi connectivity index (χ0v) is 17.5. The number of hydrogen-bond donors (Lipinski definition) is 1. The molecule has 5 aliphatic rings. The van der Waals surface area contributed by atoms with Crippen molar-refractivity contribution in [2.45, 2.75) is 55.3 Å². The van der Waals surface area contributed by atoms with E-state index in [1.807, 2.05) is 24.3 Å². The number of fused-ring (bicyclic) bond motifs is 1. The maximum absolute atomic E-state index is 14.2. The van der Waals surface area contributed by atoms with Gasteiger partial charge in [0, 0.05) is 11.5 Å². The SMILES string of the molecule is [C-]#[N+]c1ccc2c3c1OC1C(=O)C4(Cc5ccccc5C4)CC4(O)[C@@H](C2)N(C)CC[C@]314. The van der Waals surface area contributed by atoms with Crippen LogP contribution in [-0.4, -0.2) is 47.1 Å². The zero-order valence-electron chi connectivity index (χ0n) is 17.5. The van der Waals surface area contributed by atoms with Gasteiger partial charge >= 0.3 is 0 Å². The van der Waals surface area contributed by atoms with Crippen molar-refractivity contribution in [2.24, 2.45) is 5.41 Å². The van der Waals surface area contributed by atoms with Crippen molar-refractivity contribution in [3.05, 3.63) is 70.1 Å². The van der Waals surface area contributed by atoms with Crippen LogP contribution in [0.2, 0.25) is 0 Å². The van der Waals surface area contributed by atoms with E-state index in [2.05, 4.69) is 28.9 Å². The van der Waals surface area contributed by atoms with Crippen LogP contribution in [0.25, 0.3) is 4.85 Å². The Labute approximate surface area is 181 Å².